The maximum atomic E-state index is 11.4. The molecule has 0 rings (SSSR count). The Morgan fingerprint density at radius 1 is 1.13 bits per heavy atom. The van der Waals surface area contributed by atoms with Crippen LogP contribution in [0.3, 0.4) is 0 Å². The Morgan fingerprint density at radius 3 is 2.20 bits per heavy atom. The van der Waals surface area contributed by atoms with Gasteiger partial charge in [0.15, 0.2) is 9.84 Å². The number of hydrogen-bond acceptors (Lipinski definition) is 3. The minimum absolute atomic E-state index is 0.258. The number of rotatable bonds is 8. The summed E-state index contributed by atoms with van der Waals surface area (Å²) in [5.41, 5.74) is 0.258. The molecule has 0 fully saturated rings. The molecule has 0 saturated carbocycles. The van der Waals surface area contributed by atoms with Crippen molar-refractivity contribution in [2.75, 3.05) is 24.6 Å². The maximum Gasteiger partial charge on any atom is 0.151 e. The molecule has 0 aliphatic heterocycles. The Bertz CT molecular complexity index is 258. The third kappa shape index (κ3) is 7.79. The molecule has 3 nitrogen and oxygen atoms in total. The molecule has 1 N–H and O–H groups in total. The molecule has 92 valence electrons. The lowest BCUT2D eigenvalue weighted by Crippen LogP contribution is -2.32. The van der Waals surface area contributed by atoms with Gasteiger partial charge >= 0.3 is 0 Å². The summed E-state index contributed by atoms with van der Waals surface area (Å²) in [7, 11) is -2.82. The first-order chi connectivity index (χ1) is 6.83. The first-order valence-electron chi connectivity index (χ1n) is 5.74. The second-order valence-corrected chi connectivity index (χ2v) is 7.15. The van der Waals surface area contributed by atoms with Crippen LogP contribution in [-0.2, 0) is 9.84 Å². The first kappa shape index (κ1) is 14.9. The molecule has 0 spiro atoms. The lowest BCUT2D eigenvalue weighted by molar-refractivity contribution is 0.332. The predicted molar refractivity (Wildman–Crippen MR) is 65.9 cm³/mol. The van der Waals surface area contributed by atoms with Crippen LogP contribution in [-0.4, -0.2) is 33.0 Å². The third-order valence-electron chi connectivity index (χ3n) is 2.67. The molecule has 0 aromatic carbocycles. The third-order valence-corrected chi connectivity index (χ3v) is 4.52. The highest BCUT2D eigenvalue weighted by molar-refractivity contribution is 7.91. The number of sulfone groups is 1. The number of hydrogen-bond donors (Lipinski definition) is 1. The molecule has 0 aliphatic rings. The van der Waals surface area contributed by atoms with Gasteiger partial charge in [-0.2, -0.15) is 0 Å². The lowest BCUT2D eigenvalue weighted by Gasteiger charge is -2.22. The van der Waals surface area contributed by atoms with Crippen LogP contribution in [0.1, 0.15) is 40.5 Å². The summed E-state index contributed by atoms with van der Waals surface area (Å²) in [5, 5.41) is 3.21. The predicted octanol–water partition coefficient (Wildman–Crippen LogP) is 1.84. The number of nitrogens with one attached hydrogen (secondary N) is 1. The fraction of sp³-hybridized carbons (Fsp3) is 1.00. The van der Waals surface area contributed by atoms with Crippen molar-refractivity contribution in [1.82, 2.24) is 5.32 Å². The van der Waals surface area contributed by atoms with Gasteiger partial charge < -0.3 is 5.32 Å². The highest BCUT2D eigenvalue weighted by Gasteiger charge is 2.15. The van der Waals surface area contributed by atoms with Crippen molar-refractivity contribution in [2.24, 2.45) is 5.41 Å². The molecule has 4 heteroatoms. The van der Waals surface area contributed by atoms with Gasteiger partial charge in [-0.05, 0) is 18.3 Å². The molecule has 0 saturated heterocycles. The zero-order valence-electron chi connectivity index (χ0n) is 10.5. The summed E-state index contributed by atoms with van der Waals surface area (Å²) in [5.74, 6) is 0.576. The molecule has 0 radical (unpaired) electrons. The fourth-order valence-electron chi connectivity index (χ4n) is 1.19. The summed E-state index contributed by atoms with van der Waals surface area (Å²) < 4.78 is 22.8. The van der Waals surface area contributed by atoms with Crippen molar-refractivity contribution >= 4 is 9.84 Å². The first-order valence-corrected chi connectivity index (χ1v) is 7.56. The van der Waals surface area contributed by atoms with Gasteiger partial charge in [0.05, 0.1) is 5.75 Å². The maximum absolute atomic E-state index is 11.4. The van der Waals surface area contributed by atoms with E-state index in [4.69, 9.17) is 0 Å². The van der Waals surface area contributed by atoms with Crippen molar-refractivity contribution < 1.29 is 8.42 Å². The van der Waals surface area contributed by atoms with Crippen LogP contribution >= 0.6 is 0 Å². The molecule has 0 atom stereocenters. The lowest BCUT2D eigenvalue weighted by atomic mass is 9.90. The Balaban J connectivity index is 3.72. The molecule has 0 aromatic heterocycles. The Kier molecular flexibility index (Phi) is 6.44. The van der Waals surface area contributed by atoms with E-state index in [1.54, 1.807) is 0 Å². The van der Waals surface area contributed by atoms with E-state index in [0.717, 1.165) is 13.0 Å². The Labute approximate surface area is 94.6 Å². The Morgan fingerprint density at radius 2 is 1.73 bits per heavy atom. The van der Waals surface area contributed by atoms with Crippen LogP contribution in [0.15, 0.2) is 0 Å². The van der Waals surface area contributed by atoms with E-state index >= 15 is 0 Å². The van der Waals surface area contributed by atoms with E-state index in [9.17, 15) is 8.42 Å². The van der Waals surface area contributed by atoms with Crippen molar-refractivity contribution in [3.63, 3.8) is 0 Å². The largest absolute Gasteiger partial charge is 0.315 e. The summed E-state index contributed by atoms with van der Waals surface area (Å²) in [4.78, 5) is 0. The normalized spacial score (nSPS) is 13.1. The van der Waals surface area contributed by atoms with E-state index in [-0.39, 0.29) is 11.2 Å². The van der Waals surface area contributed by atoms with Gasteiger partial charge in [-0.1, -0.05) is 27.7 Å². The van der Waals surface area contributed by atoms with Gasteiger partial charge in [0, 0.05) is 18.8 Å². The molecule has 0 unspecified atom stereocenters. The monoisotopic (exact) mass is 235 g/mol. The molecule has 0 amide bonds. The molecule has 15 heavy (non-hydrogen) atoms. The van der Waals surface area contributed by atoms with Crippen LogP contribution in [0.4, 0.5) is 0 Å². The quantitative estimate of drug-likeness (QED) is 0.653. The van der Waals surface area contributed by atoms with Crippen LogP contribution < -0.4 is 5.32 Å². The summed E-state index contributed by atoms with van der Waals surface area (Å²) >= 11 is 0. The van der Waals surface area contributed by atoms with E-state index in [1.165, 1.54) is 0 Å². The smallest absolute Gasteiger partial charge is 0.151 e. The van der Waals surface area contributed by atoms with Gasteiger partial charge in [-0.15, -0.1) is 0 Å². The molecule has 0 aromatic rings. The van der Waals surface area contributed by atoms with Crippen molar-refractivity contribution in [2.45, 2.75) is 40.5 Å². The highest BCUT2D eigenvalue weighted by Crippen LogP contribution is 2.17. The minimum atomic E-state index is -2.82. The zero-order chi connectivity index (χ0) is 11.9. The summed E-state index contributed by atoms with van der Waals surface area (Å²) in [6, 6.07) is 0. The van der Waals surface area contributed by atoms with Crippen LogP contribution in [0.25, 0.3) is 0 Å². The second-order valence-electron chi connectivity index (χ2n) is 4.85. The standard InChI is InChI=1S/C11H25NO2S/c1-5-8-15(13,14)9-7-12-10-11(3,4)6-2/h12H,5-10H2,1-4H3. The van der Waals surface area contributed by atoms with Gasteiger partial charge in [0.25, 0.3) is 0 Å². The molecular formula is C11H25NO2S. The topological polar surface area (TPSA) is 46.2 Å². The fourth-order valence-corrected chi connectivity index (χ4v) is 2.47. The van der Waals surface area contributed by atoms with Gasteiger partial charge in [0.1, 0.15) is 0 Å². The molecule has 0 heterocycles. The summed E-state index contributed by atoms with van der Waals surface area (Å²) in [6.07, 6.45) is 1.81. The van der Waals surface area contributed by atoms with Gasteiger partial charge in [-0.25, -0.2) is 8.42 Å². The van der Waals surface area contributed by atoms with Gasteiger partial charge in [0.2, 0.25) is 0 Å². The second kappa shape index (κ2) is 6.48. The van der Waals surface area contributed by atoms with Crippen LogP contribution in [0, 0.1) is 5.41 Å². The van der Waals surface area contributed by atoms with E-state index in [0.29, 0.717) is 18.7 Å². The van der Waals surface area contributed by atoms with Crippen LogP contribution in [0.5, 0.6) is 0 Å². The highest BCUT2D eigenvalue weighted by atomic mass is 32.2. The molecular weight excluding hydrogens is 210 g/mol. The van der Waals surface area contributed by atoms with Crippen LogP contribution in [0.2, 0.25) is 0 Å². The van der Waals surface area contributed by atoms with Gasteiger partial charge in [-0.3, -0.25) is 0 Å². The molecule has 0 bridgehead atoms. The van der Waals surface area contributed by atoms with E-state index in [2.05, 4.69) is 26.1 Å². The SMILES string of the molecule is CCCS(=O)(=O)CCNCC(C)(C)CC. The minimum Gasteiger partial charge on any atom is -0.315 e. The van der Waals surface area contributed by atoms with Crippen molar-refractivity contribution in [3.05, 3.63) is 0 Å². The average Bonchev–Trinajstić information content (AvgIpc) is 2.13. The average molecular weight is 235 g/mol. The van der Waals surface area contributed by atoms with Crippen molar-refractivity contribution in [3.8, 4) is 0 Å². The zero-order valence-corrected chi connectivity index (χ0v) is 11.3. The summed E-state index contributed by atoms with van der Waals surface area (Å²) in [6.45, 7) is 9.86. The Hall–Kier alpha value is -0.0900. The van der Waals surface area contributed by atoms with E-state index in [1.807, 2.05) is 6.92 Å². The molecule has 0 aliphatic carbocycles. The van der Waals surface area contributed by atoms with E-state index < -0.39 is 9.84 Å². The van der Waals surface area contributed by atoms with Crippen molar-refractivity contribution in [1.29, 1.82) is 0 Å².